The Morgan fingerprint density at radius 1 is 1.31 bits per heavy atom. The molecule has 1 heteroatoms. The van der Waals surface area contributed by atoms with Gasteiger partial charge in [-0.1, -0.05) is 48.9 Å². The number of hydrogen-bond acceptors (Lipinski definition) is 1. The van der Waals surface area contributed by atoms with Crippen molar-refractivity contribution >= 4 is 6.08 Å². The molecule has 1 nitrogen and oxygen atoms in total. The average Bonchev–Trinajstić information content (AvgIpc) is 2.16. The first kappa shape index (κ1) is 10.0. The maximum Gasteiger partial charge on any atom is 0.0165 e. The fraction of sp³-hybridized carbons (Fsp3) is 0.333. The molecule has 0 radical (unpaired) electrons. The lowest BCUT2D eigenvalue weighted by molar-refractivity contribution is 0.778. The third-order valence-corrected chi connectivity index (χ3v) is 1.87. The fourth-order valence-corrected chi connectivity index (χ4v) is 1.21. The van der Waals surface area contributed by atoms with Crippen molar-refractivity contribution in [1.82, 2.24) is 5.32 Å². The van der Waals surface area contributed by atoms with Gasteiger partial charge in [0.15, 0.2) is 0 Å². The number of hydrogen-bond donors (Lipinski definition) is 1. The summed E-state index contributed by atoms with van der Waals surface area (Å²) in [6.07, 6.45) is 2.21. The zero-order valence-electron chi connectivity index (χ0n) is 8.38. The van der Waals surface area contributed by atoms with Crippen molar-refractivity contribution in [2.45, 2.75) is 13.8 Å². The van der Waals surface area contributed by atoms with Crippen molar-refractivity contribution in [2.75, 3.05) is 13.1 Å². The summed E-state index contributed by atoms with van der Waals surface area (Å²) in [5.41, 5.74) is 2.64. The van der Waals surface area contributed by atoms with Gasteiger partial charge in [0.25, 0.3) is 0 Å². The van der Waals surface area contributed by atoms with Crippen LogP contribution in [-0.2, 0) is 0 Å². The Hall–Kier alpha value is -1.08. The molecule has 0 spiro atoms. The fourth-order valence-electron chi connectivity index (χ4n) is 1.21. The van der Waals surface area contributed by atoms with Gasteiger partial charge in [0, 0.05) is 6.54 Å². The quantitative estimate of drug-likeness (QED) is 0.742. The molecule has 0 amide bonds. The molecule has 0 saturated carbocycles. The number of rotatable bonds is 4. The highest BCUT2D eigenvalue weighted by Crippen LogP contribution is 2.04. The van der Waals surface area contributed by atoms with E-state index in [1.807, 2.05) is 6.07 Å². The molecular formula is C12H17N. The van der Waals surface area contributed by atoms with Crippen LogP contribution in [0, 0.1) is 0 Å². The summed E-state index contributed by atoms with van der Waals surface area (Å²) in [6.45, 7) is 6.27. The molecule has 1 rings (SSSR count). The molecular weight excluding hydrogens is 158 g/mol. The van der Waals surface area contributed by atoms with E-state index in [1.165, 1.54) is 11.1 Å². The van der Waals surface area contributed by atoms with Gasteiger partial charge in [-0.3, -0.25) is 0 Å². The van der Waals surface area contributed by atoms with E-state index in [0.29, 0.717) is 0 Å². The smallest absolute Gasteiger partial charge is 0.0165 e. The van der Waals surface area contributed by atoms with Crippen LogP contribution in [0.25, 0.3) is 6.08 Å². The van der Waals surface area contributed by atoms with Gasteiger partial charge in [0.1, 0.15) is 0 Å². The predicted molar refractivity (Wildman–Crippen MR) is 58.6 cm³/mol. The first-order chi connectivity index (χ1) is 6.33. The highest BCUT2D eigenvalue weighted by Gasteiger charge is 1.89. The Kier molecular flexibility index (Phi) is 4.27. The number of nitrogens with one attached hydrogen (secondary N) is 1. The lowest BCUT2D eigenvalue weighted by atomic mass is 10.1. The molecule has 0 unspecified atom stereocenters. The summed E-state index contributed by atoms with van der Waals surface area (Å²) in [6, 6.07) is 10.4. The topological polar surface area (TPSA) is 12.0 Å². The highest BCUT2D eigenvalue weighted by molar-refractivity contribution is 5.52. The van der Waals surface area contributed by atoms with Crippen LogP contribution in [0.5, 0.6) is 0 Å². The van der Waals surface area contributed by atoms with Gasteiger partial charge < -0.3 is 5.32 Å². The largest absolute Gasteiger partial charge is 0.313 e. The molecule has 1 N–H and O–H groups in total. The maximum absolute atomic E-state index is 3.30. The molecule has 0 fully saturated rings. The van der Waals surface area contributed by atoms with Crippen LogP contribution in [0.1, 0.15) is 19.4 Å². The van der Waals surface area contributed by atoms with Gasteiger partial charge in [0.2, 0.25) is 0 Å². The lowest BCUT2D eigenvalue weighted by Crippen LogP contribution is -2.14. The second-order valence-corrected chi connectivity index (χ2v) is 3.18. The number of likely N-dealkylation sites (N-methyl/N-ethyl adjacent to an activating group) is 1. The van der Waals surface area contributed by atoms with E-state index in [-0.39, 0.29) is 0 Å². The van der Waals surface area contributed by atoms with E-state index < -0.39 is 0 Å². The molecule has 0 saturated heterocycles. The Bertz CT molecular complexity index is 262. The van der Waals surface area contributed by atoms with Gasteiger partial charge in [-0.2, -0.15) is 0 Å². The Balaban J connectivity index is 2.55. The molecule has 13 heavy (non-hydrogen) atoms. The van der Waals surface area contributed by atoms with Gasteiger partial charge in [-0.25, -0.2) is 0 Å². The SMILES string of the molecule is CCNCC(C)=Cc1ccccc1. The van der Waals surface area contributed by atoms with Crippen LogP contribution in [-0.4, -0.2) is 13.1 Å². The molecule has 0 aliphatic heterocycles. The van der Waals surface area contributed by atoms with E-state index in [4.69, 9.17) is 0 Å². The molecule has 70 valence electrons. The molecule has 0 aromatic heterocycles. The molecule has 0 aliphatic rings. The zero-order valence-corrected chi connectivity index (χ0v) is 8.38. The van der Waals surface area contributed by atoms with E-state index in [0.717, 1.165) is 13.1 Å². The molecule has 0 aliphatic carbocycles. The van der Waals surface area contributed by atoms with Crippen molar-refractivity contribution < 1.29 is 0 Å². The van der Waals surface area contributed by atoms with Crippen LogP contribution >= 0.6 is 0 Å². The minimum absolute atomic E-state index is 0.978. The molecule has 0 heterocycles. The Labute approximate surface area is 80.5 Å². The van der Waals surface area contributed by atoms with E-state index in [1.54, 1.807) is 0 Å². The second-order valence-electron chi connectivity index (χ2n) is 3.18. The van der Waals surface area contributed by atoms with Crippen molar-refractivity contribution in [2.24, 2.45) is 0 Å². The van der Waals surface area contributed by atoms with Crippen LogP contribution in [0.3, 0.4) is 0 Å². The highest BCUT2D eigenvalue weighted by atomic mass is 14.8. The van der Waals surface area contributed by atoms with Gasteiger partial charge >= 0.3 is 0 Å². The zero-order chi connectivity index (χ0) is 9.52. The summed E-state index contributed by atoms with van der Waals surface area (Å²) in [5, 5.41) is 3.30. The minimum Gasteiger partial charge on any atom is -0.313 e. The maximum atomic E-state index is 3.30. The summed E-state index contributed by atoms with van der Waals surface area (Å²) in [5.74, 6) is 0. The van der Waals surface area contributed by atoms with E-state index >= 15 is 0 Å². The Morgan fingerprint density at radius 2 is 2.00 bits per heavy atom. The van der Waals surface area contributed by atoms with Gasteiger partial charge in [-0.05, 0) is 19.0 Å². The third kappa shape index (κ3) is 3.90. The van der Waals surface area contributed by atoms with Crippen LogP contribution in [0.15, 0.2) is 35.9 Å². The van der Waals surface area contributed by atoms with Gasteiger partial charge in [-0.15, -0.1) is 0 Å². The number of benzene rings is 1. The molecule has 1 aromatic rings. The predicted octanol–water partition coefficient (Wildman–Crippen LogP) is 2.70. The average molecular weight is 175 g/mol. The first-order valence-corrected chi connectivity index (χ1v) is 4.76. The summed E-state index contributed by atoms with van der Waals surface area (Å²) < 4.78 is 0. The summed E-state index contributed by atoms with van der Waals surface area (Å²) >= 11 is 0. The second kappa shape index (κ2) is 5.55. The van der Waals surface area contributed by atoms with Crippen molar-refractivity contribution in [3.05, 3.63) is 41.5 Å². The Morgan fingerprint density at radius 3 is 2.62 bits per heavy atom. The lowest BCUT2D eigenvalue weighted by Gasteiger charge is -2.01. The van der Waals surface area contributed by atoms with Crippen molar-refractivity contribution in [3.63, 3.8) is 0 Å². The van der Waals surface area contributed by atoms with E-state index in [9.17, 15) is 0 Å². The van der Waals surface area contributed by atoms with Crippen LogP contribution in [0.4, 0.5) is 0 Å². The first-order valence-electron chi connectivity index (χ1n) is 4.76. The van der Waals surface area contributed by atoms with Gasteiger partial charge in [0.05, 0.1) is 0 Å². The standard InChI is InChI=1S/C12H17N/c1-3-13-10-11(2)9-12-7-5-4-6-8-12/h4-9,13H,3,10H2,1-2H3. The normalized spacial score (nSPS) is 11.7. The molecule has 0 atom stereocenters. The van der Waals surface area contributed by atoms with Crippen molar-refractivity contribution in [1.29, 1.82) is 0 Å². The van der Waals surface area contributed by atoms with Crippen molar-refractivity contribution in [3.8, 4) is 0 Å². The monoisotopic (exact) mass is 175 g/mol. The third-order valence-electron chi connectivity index (χ3n) is 1.87. The minimum atomic E-state index is 0.978. The molecule has 1 aromatic carbocycles. The van der Waals surface area contributed by atoms with E-state index in [2.05, 4.69) is 49.5 Å². The summed E-state index contributed by atoms with van der Waals surface area (Å²) in [4.78, 5) is 0. The molecule has 0 bridgehead atoms. The van der Waals surface area contributed by atoms with Crippen LogP contribution < -0.4 is 5.32 Å². The van der Waals surface area contributed by atoms with Crippen LogP contribution in [0.2, 0.25) is 0 Å². The summed E-state index contributed by atoms with van der Waals surface area (Å²) in [7, 11) is 0.